The van der Waals surface area contributed by atoms with E-state index in [-0.39, 0.29) is 5.41 Å². The number of para-hydroxylation sites is 1. The van der Waals surface area contributed by atoms with Gasteiger partial charge < -0.3 is 10.2 Å². The summed E-state index contributed by atoms with van der Waals surface area (Å²) in [6, 6.07) is 5.95. The minimum atomic E-state index is 0.256. The number of benzene rings is 1. The minimum absolute atomic E-state index is 0.256. The second kappa shape index (κ2) is 4.96. The zero-order valence-electron chi connectivity index (χ0n) is 10.8. The molecule has 1 N–H and O–H groups in total. The molecular formula is C13H21ClN2. The van der Waals surface area contributed by atoms with Crippen LogP contribution < -0.4 is 10.2 Å². The summed E-state index contributed by atoms with van der Waals surface area (Å²) >= 11 is 6.19. The summed E-state index contributed by atoms with van der Waals surface area (Å²) in [5, 5.41) is 4.23. The lowest BCUT2D eigenvalue weighted by atomic mass is 9.97. The quantitative estimate of drug-likeness (QED) is 0.863. The van der Waals surface area contributed by atoms with E-state index < -0.39 is 0 Å². The van der Waals surface area contributed by atoms with Crippen molar-refractivity contribution in [3.05, 3.63) is 23.2 Å². The molecule has 0 aromatic heterocycles. The van der Waals surface area contributed by atoms with Gasteiger partial charge in [0.05, 0.1) is 16.4 Å². The molecule has 1 aromatic rings. The number of rotatable bonds is 3. The van der Waals surface area contributed by atoms with Crippen LogP contribution in [0, 0.1) is 5.41 Å². The molecule has 0 aliphatic rings. The van der Waals surface area contributed by atoms with E-state index in [0.29, 0.717) is 0 Å². The Bertz CT molecular complexity index is 353. The summed E-state index contributed by atoms with van der Waals surface area (Å²) in [6.45, 7) is 7.55. The van der Waals surface area contributed by atoms with Gasteiger partial charge in [0.2, 0.25) is 0 Å². The maximum Gasteiger partial charge on any atom is 0.0786 e. The zero-order valence-corrected chi connectivity index (χ0v) is 11.5. The van der Waals surface area contributed by atoms with Crippen LogP contribution in [-0.4, -0.2) is 20.6 Å². The van der Waals surface area contributed by atoms with Crippen molar-refractivity contribution in [2.45, 2.75) is 20.8 Å². The highest BCUT2D eigenvalue weighted by atomic mass is 35.5. The lowest BCUT2D eigenvalue weighted by Gasteiger charge is -2.24. The van der Waals surface area contributed by atoms with Crippen LogP contribution in [0.2, 0.25) is 5.02 Å². The van der Waals surface area contributed by atoms with Gasteiger partial charge in [-0.2, -0.15) is 0 Å². The average molecular weight is 241 g/mol. The summed E-state index contributed by atoms with van der Waals surface area (Å²) < 4.78 is 0. The molecule has 1 aromatic carbocycles. The monoisotopic (exact) mass is 240 g/mol. The first kappa shape index (κ1) is 13.2. The van der Waals surface area contributed by atoms with E-state index in [1.165, 1.54) is 0 Å². The number of hydrogen-bond donors (Lipinski definition) is 1. The van der Waals surface area contributed by atoms with Crippen LogP contribution in [0.15, 0.2) is 18.2 Å². The molecule has 3 heteroatoms. The van der Waals surface area contributed by atoms with Crippen LogP contribution in [0.1, 0.15) is 20.8 Å². The largest absolute Gasteiger partial charge is 0.383 e. The molecule has 0 aliphatic heterocycles. The van der Waals surface area contributed by atoms with Crippen molar-refractivity contribution in [3.8, 4) is 0 Å². The third-order valence-electron chi connectivity index (χ3n) is 2.24. The van der Waals surface area contributed by atoms with Gasteiger partial charge in [-0.1, -0.05) is 38.4 Å². The van der Waals surface area contributed by atoms with Gasteiger partial charge in [-0.05, 0) is 17.5 Å². The maximum atomic E-state index is 6.19. The maximum absolute atomic E-state index is 6.19. The van der Waals surface area contributed by atoms with Crippen LogP contribution in [0.4, 0.5) is 11.4 Å². The summed E-state index contributed by atoms with van der Waals surface area (Å²) in [7, 11) is 4.01. The molecule has 0 fully saturated rings. The van der Waals surface area contributed by atoms with Crippen molar-refractivity contribution >= 4 is 23.0 Å². The molecule has 0 spiro atoms. The predicted octanol–water partition coefficient (Wildman–Crippen LogP) is 3.86. The van der Waals surface area contributed by atoms with Crippen molar-refractivity contribution in [1.82, 2.24) is 0 Å². The second-order valence-corrected chi connectivity index (χ2v) is 5.85. The summed E-state index contributed by atoms with van der Waals surface area (Å²) in [5.41, 5.74) is 2.40. The molecular weight excluding hydrogens is 220 g/mol. The lowest BCUT2D eigenvalue weighted by molar-refractivity contribution is 0.443. The van der Waals surface area contributed by atoms with Crippen LogP contribution in [0.25, 0.3) is 0 Å². The Hall–Kier alpha value is -0.890. The predicted molar refractivity (Wildman–Crippen MR) is 73.7 cm³/mol. The Kier molecular flexibility index (Phi) is 4.09. The van der Waals surface area contributed by atoms with E-state index in [1.807, 2.05) is 31.1 Å². The number of hydrogen-bond acceptors (Lipinski definition) is 2. The molecule has 0 saturated carbocycles. The summed E-state index contributed by atoms with van der Waals surface area (Å²) in [6.07, 6.45) is 0. The van der Waals surface area contributed by atoms with Crippen molar-refractivity contribution < 1.29 is 0 Å². The van der Waals surface area contributed by atoms with Gasteiger partial charge in [-0.15, -0.1) is 0 Å². The lowest BCUT2D eigenvalue weighted by Crippen LogP contribution is -2.21. The van der Waals surface area contributed by atoms with Gasteiger partial charge in [-0.3, -0.25) is 0 Å². The molecule has 90 valence electrons. The van der Waals surface area contributed by atoms with Crippen molar-refractivity contribution in [3.63, 3.8) is 0 Å². The van der Waals surface area contributed by atoms with E-state index in [0.717, 1.165) is 22.9 Å². The standard InChI is InChI=1S/C13H21ClN2/c1-13(2,3)9-15-11-8-6-7-10(14)12(11)16(4)5/h6-8,15H,9H2,1-5H3. The Balaban J connectivity index is 2.91. The number of halogens is 1. The van der Waals surface area contributed by atoms with Crippen molar-refractivity contribution in [2.75, 3.05) is 30.9 Å². The smallest absolute Gasteiger partial charge is 0.0786 e. The van der Waals surface area contributed by atoms with E-state index in [2.05, 4.69) is 32.2 Å². The van der Waals surface area contributed by atoms with E-state index in [9.17, 15) is 0 Å². The highest BCUT2D eigenvalue weighted by Gasteiger charge is 2.13. The number of nitrogens with zero attached hydrogens (tertiary/aromatic N) is 1. The van der Waals surface area contributed by atoms with E-state index in [4.69, 9.17) is 11.6 Å². The number of anilines is 2. The van der Waals surface area contributed by atoms with Crippen LogP contribution in [0.5, 0.6) is 0 Å². The normalized spacial score (nSPS) is 11.4. The Morgan fingerprint density at radius 2 is 1.88 bits per heavy atom. The van der Waals surface area contributed by atoms with Gasteiger partial charge in [0.25, 0.3) is 0 Å². The SMILES string of the molecule is CN(C)c1c(Cl)cccc1NCC(C)(C)C. The zero-order chi connectivity index (χ0) is 12.3. The molecule has 0 atom stereocenters. The van der Waals surface area contributed by atoms with Crippen molar-refractivity contribution in [2.24, 2.45) is 5.41 Å². The van der Waals surface area contributed by atoms with Crippen LogP contribution >= 0.6 is 11.6 Å². The van der Waals surface area contributed by atoms with Crippen molar-refractivity contribution in [1.29, 1.82) is 0 Å². The molecule has 0 aliphatic carbocycles. The molecule has 0 radical (unpaired) electrons. The summed E-state index contributed by atoms with van der Waals surface area (Å²) in [5.74, 6) is 0. The van der Waals surface area contributed by atoms with Gasteiger partial charge >= 0.3 is 0 Å². The number of nitrogens with one attached hydrogen (secondary N) is 1. The molecule has 0 unspecified atom stereocenters. The fourth-order valence-electron chi connectivity index (χ4n) is 1.47. The highest BCUT2D eigenvalue weighted by Crippen LogP contribution is 2.33. The van der Waals surface area contributed by atoms with E-state index >= 15 is 0 Å². The minimum Gasteiger partial charge on any atom is -0.383 e. The summed E-state index contributed by atoms with van der Waals surface area (Å²) in [4.78, 5) is 2.04. The molecule has 2 nitrogen and oxygen atoms in total. The first-order valence-corrected chi connectivity index (χ1v) is 5.89. The van der Waals surface area contributed by atoms with Gasteiger partial charge in [-0.25, -0.2) is 0 Å². The molecule has 0 heterocycles. The molecule has 16 heavy (non-hydrogen) atoms. The van der Waals surface area contributed by atoms with Gasteiger partial charge in [0, 0.05) is 20.6 Å². The Morgan fingerprint density at radius 1 is 1.25 bits per heavy atom. The first-order valence-electron chi connectivity index (χ1n) is 5.51. The molecule has 0 saturated heterocycles. The Labute approximate surface area is 104 Å². The second-order valence-electron chi connectivity index (χ2n) is 5.44. The van der Waals surface area contributed by atoms with Gasteiger partial charge in [0.15, 0.2) is 0 Å². The van der Waals surface area contributed by atoms with E-state index in [1.54, 1.807) is 0 Å². The fraction of sp³-hybridized carbons (Fsp3) is 0.538. The highest BCUT2D eigenvalue weighted by molar-refractivity contribution is 6.34. The van der Waals surface area contributed by atoms with Crippen LogP contribution in [-0.2, 0) is 0 Å². The third-order valence-corrected chi connectivity index (χ3v) is 2.55. The molecule has 0 amide bonds. The first-order chi connectivity index (χ1) is 7.31. The topological polar surface area (TPSA) is 15.3 Å². The van der Waals surface area contributed by atoms with Gasteiger partial charge in [0.1, 0.15) is 0 Å². The average Bonchev–Trinajstić information content (AvgIpc) is 2.12. The third kappa shape index (κ3) is 3.60. The molecule has 1 rings (SSSR count). The fourth-order valence-corrected chi connectivity index (χ4v) is 1.82. The Morgan fingerprint density at radius 3 is 2.38 bits per heavy atom. The molecule has 0 bridgehead atoms. The van der Waals surface area contributed by atoms with Crippen LogP contribution in [0.3, 0.4) is 0 Å².